The topological polar surface area (TPSA) is 145 Å². The molecule has 0 aromatic carbocycles. The molecule has 0 bridgehead atoms. The predicted octanol–water partition coefficient (Wildman–Crippen LogP) is 2.68. The number of alkyl carbamates (subject to hydrolysis) is 1. The lowest BCUT2D eigenvalue weighted by molar-refractivity contribution is -0.146. The highest BCUT2D eigenvalue weighted by molar-refractivity contribution is 5.82. The number of ether oxygens (including phenoxy) is 1. The molecule has 10 heteroatoms. The number of rotatable bonds is 8. The number of hydrogen-bond acceptors (Lipinski definition) is 5. The number of amides is 2. The van der Waals surface area contributed by atoms with E-state index in [9.17, 15) is 14.4 Å². The molecule has 0 aromatic heterocycles. The maximum absolute atomic E-state index is 12.5. The van der Waals surface area contributed by atoms with E-state index in [0.29, 0.717) is 51.7 Å². The van der Waals surface area contributed by atoms with Crippen LogP contribution >= 0.6 is 0 Å². The number of nitrogens with one attached hydrogen (secondary N) is 1. The molecule has 1 aliphatic heterocycles. The number of nitrogens with zero attached hydrogens (tertiary/aromatic N) is 4. The largest absolute Gasteiger partial charge is 0.481 e. The van der Waals surface area contributed by atoms with Gasteiger partial charge in [0.2, 0.25) is 5.91 Å². The van der Waals surface area contributed by atoms with Gasteiger partial charge in [-0.25, -0.2) is 4.79 Å². The quantitative estimate of drug-likeness (QED) is 0.286. The first kappa shape index (κ1) is 22.6. The number of hydrogen-bond donors (Lipinski definition) is 2. The second-order valence-corrected chi connectivity index (χ2v) is 7.58. The Morgan fingerprint density at radius 3 is 2.44 bits per heavy atom. The van der Waals surface area contributed by atoms with Crippen molar-refractivity contribution in [3.05, 3.63) is 10.4 Å². The Kier molecular flexibility index (Phi) is 8.87. The summed E-state index contributed by atoms with van der Waals surface area (Å²) in [7, 11) is 0. The molecule has 2 amide bonds. The molecular formula is C17H29N5O5. The lowest BCUT2D eigenvalue weighted by Gasteiger charge is -2.31. The van der Waals surface area contributed by atoms with Crippen LogP contribution in [0, 0.1) is 5.92 Å². The number of carbonyl (C=O) groups excluding carboxylic acids is 2. The van der Waals surface area contributed by atoms with Crippen molar-refractivity contribution in [3.63, 3.8) is 0 Å². The fraction of sp³-hybridized carbons (Fsp3) is 0.824. The van der Waals surface area contributed by atoms with E-state index >= 15 is 0 Å². The van der Waals surface area contributed by atoms with Crippen molar-refractivity contribution in [2.45, 2.75) is 64.5 Å². The van der Waals surface area contributed by atoms with Crippen molar-refractivity contribution in [2.24, 2.45) is 11.0 Å². The average molecular weight is 383 g/mol. The molecule has 1 fully saturated rings. The molecule has 152 valence electrons. The van der Waals surface area contributed by atoms with Crippen LogP contribution in [0.5, 0.6) is 0 Å². The zero-order valence-corrected chi connectivity index (χ0v) is 16.2. The Morgan fingerprint density at radius 2 is 1.93 bits per heavy atom. The summed E-state index contributed by atoms with van der Waals surface area (Å²) in [5.41, 5.74) is 8.16. The SMILES string of the molecule is CC(C)(C)OC(=O)NCCCCC(N=[N+]=[N-])C(=O)N1CCC(C(=O)O)CC1. The molecule has 1 rings (SSSR count). The summed E-state index contributed by atoms with van der Waals surface area (Å²) in [4.78, 5) is 39.4. The van der Waals surface area contributed by atoms with E-state index in [1.165, 1.54) is 0 Å². The van der Waals surface area contributed by atoms with Gasteiger partial charge in [-0.1, -0.05) is 11.5 Å². The van der Waals surface area contributed by atoms with Crippen molar-refractivity contribution in [2.75, 3.05) is 19.6 Å². The summed E-state index contributed by atoms with van der Waals surface area (Å²) >= 11 is 0. The minimum absolute atomic E-state index is 0.267. The first-order valence-corrected chi connectivity index (χ1v) is 9.16. The van der Waals surface area contributed by atoms with Gasteiger partial charge in [0.05, 0.1) is 5.92 Å². The third kappa shape index (κ3) is 8.63. The lowest BCUT2D eigenvalue weighted by atomic mass is 9.96. The van der Waals surface area contributed by atoms with E-state index in [1.54, 1.807) is 25.7 Å². The summed E-state index contributed by atoms with van der Waals surface area (Å²) in [6.07, 6.45) is 1.90. The number of piperidine rings is 1. The number of likely N-dealkylation sites (tertiary alicyclic amines) is 1. The monoisotopic (exact) mass is 383 g/mol. The smallest absolute Gasteiger partial charge is 0.407 e. The molecule has 0 radical (unpaired) electrons. The van der Waals surface area contributed by atoms with Crippen LogP contribution < -0.4 is 5.32 Å². The summed E-state index contributed by atoms with van der Waals surface area (Å²) in [5, 5.41) is 15.2. The highest BCUT2D eigenvalue weighted by Crippen LogP contribution is 2.19. The van der Waals surface area contributed by atoms with Crippen LogP contribution in [-0.2, 0) is 14.3 Å². The zero-order valence-electron chi connectivity index (χ0n) is 16.2. The third-order valence-electron chi connectivity index (χ3n) is 4.20. The van der Waals surface area contributed by atoms with Crippen molar-refractivity contribution in [1.29, 1.82) is 0 Å². The van der Waals surface area contributed by atoms with E-state index in [1.807, 2.05) is 0 Å². The average Bonchev–Trinajstić information content (AvgIpc) is 2.58. The number of unbranched alkanes of at least 4 members (excludes halogenated alkanes) is 1. The fourth-order valence-corrected chi connectivity index (χ4v) is 2.82. The molecule has 1 saturated heterocycles. The van der Waals surface area contributed by atoms with Gasteiger partial charge in [-0.3, -0.25) is 9.59 Å². The van der Waals surface area contributed by atoms with E-state index in [-0.39, 0.29) is 5.91 Å². The van der Waals surface area contributed by atoms with Gasteiger partial charge in [-0.15, -0.1) is 0 Å². The molecular weight excluding hydrogens is 354 g/mol. The highest BCUT2D eigenvalue weighted by Gasteiger charge is 2.30. The van der Waals surface area contributed by atoms with Gasteiger partial charge in [-0.2, -0.15) is 0 Å². The second kappa shape index (κ2) is 10.6. The number of azide groups is 1. The summed E-state index contributed by atoms with van der Waals surface area (Å²) in [6, 6.07) is -0.807. The maximum atomic E-state index is 12.5. The molecule has 1 heterocycles. The molecule has 0 spiro atoms. The van der Waals surface area contributed by atoms with Gasteiger partial charge in [0.1, 0.15) is 11.6 Å². The van der Waals surface area contributed by atoms with Crippen molar-refractivity contribution >= 4 is 18.0 Å². The standard InChI is InChI=1S/C17H29N5O5/c1-17(2,3)27-16(26)19-9-5-4-6-13(20-21-18)14(23)22-10-7-12(8-11-22)15(24)25/h12-13H,4-11H2,1-3H3,(H,19,26)(H,24,25). The van der Waals surface area contributed by atoms with E-state index in [0.717, 1.165) is 0 Å². The number of carboxylic acids is 1. The van der Waals surface area contributed by atoms with Crippen LogP contribution in [0.3, 0.4) is 0 Å². The van der Waals surface area contributed by atoms with Gasteiger partial charge in [0, 0.05) is 24.5 Å². The molecule has 0 saturated carbocycles. The molecule has 27 heavy (non-hydrogen) atoms. The minimum atomic E-state index is -0.841. The second-order valence-electron chi connectivity index (χ2n) is 7.58. The zero-order chi connectivity index (χ0) is 20.4. The van der Waals surface area contributed by atoms with Crippen LogP contribution in [0.15, 0.2) is 5.11 Å². The Hall–Kier alpha value is -2.48. The van der Waals surface area contributed by atoms with Crippen LogP contribution in [0.25, 0.3) is 10.4 Å². The van der Waals surface area contributed by atoms with Crippen LogP contribution in [0.4, 0.5) is 4.79 Å². The number of carboxylic acid groups (broad SMARTS) is 1. The summed E-state index contributed by atoms with van der Waals surface area (Å²) in [5.74, 6) is -1.53. The van der Waals surface area contributed by atoms with Crippen molar-refractivity contribution in [1.82, 2.24) is 10.2 Å². The van der Waals surface area contributed by atoms with E-state index in [4.69, 9.17) is 15.4 Å². The summed E-state index contributed by atoms with van der Waals surface area (Å²) < 4.78 is 5.13. The van der Waals surface area contributed by atoms with Gasteiger partial charge in [-0.05, 0) is 52.0 Å². The molecule has 1 aliphatic rings. The third-order valence-corrected chi connectivity index (χ3v) is 4.20. The highest BCUT2D eigenvalue weighted by atomic mass is 16.6. The van der Waals surface area contributed by atoms with Crippen molar-refractivity contribution < 1.29 is 24.2 Å². The molecule has 1 atom stereocenters. The predicted molar refractivity (Wildman–Crippen MR) is 98.0 cm³/mol. The normalized spacial score (nSPS) is 16.2. The fourth-order valence-electron chi connectivity index (χ4n) is 2.82. The van der Waals surface area contributed by atoms with E-state index < -0.39 is 29.6 Å². The maximum Gasteiger partial charge on any atom is 0.407 e. The van der Waals surface area contributed by atoms with Crippen molar-refractivity contribution in [3.8, 4) is 0 Å². The first-order chi connectivity index (χ1) is 12.6. The Bertz CT molecular complexity index is 575. The first-order valence-electron chi connectivity index (χ1n) is 9.16. The summed E-state index contributed by atoms with van der Waals surface area (Å²) in [6.45, 7) is 6.45. The minimum Gasteiger partial charge on any atom is -0.481 e. The molecule has 0 aromatic rings. The molecule has 1 unspecified atom stereocenters. The number of carbonyl (C=O) groups is 3. The van der Waals surface area contributed by atoms with Crippen LogP contribution in [0.2, 0.25) is 0 Å². The van der Waals surface area contributed by atoms with Gasteiger partial charge < -0.3 is 20.1 Å². The van der Waals surface area contributed by atoms with E-state index in [2.05, 4.69) is 15.3 Å². The van der Waals surface area contributed by atoms with Gasteiger partial charge in [0.25, 0.3) is 0 Å². The molecule has 2 N–H and O–H groups in total. The Morgan fingerprint density at radius 1 is 1.30 bits per heavy atom. The molecule has 10 nitrogen and oxygen atoms in total. The number of aliphatic carboxylic acids is 1. The Labute approximate surface area is 158 Å². The Balaban J connectivity index is 2.37. The van der Waals surface area contributed by atoms with Gasteiger partial charge in [0.15, 0.2) is 0 Å². The van der Waals surface area contributed by atoms with Gasteiger partial charge >= 0.3 is 12.1 Å². The molecule has 0 aliphatic carbocycles. The van der Waals surface area contributed by atoms with Crippen LogP contribution in [0.1, 0.15) is 52.9 Å². The van der Waals surface area contributed by atoms with Crippen LogP contribution in [-0.4, -0.2) is 59.3 Å². The lowest BCUT2D eigenvalue weighted by Crippen LogP contribution is -2.44.